The van der Waals surface area contributed by atoms with Gasteiger partial charge in [-0.2, -0.15) is 0 Å². The normalized spacial score (nSPS) is 19.8. The van der Waals surface area contributed by atoms with E-state index < -0.39 is 5.63 Å². The number of likely N-dealkylation sites (N-methyl/N-ethyl adjacent to an activating group) is 1. The van der Waals surface area contributed by atoms with Crippen molar-refractivity contribution in [3.05, 3.63) is 63.0 Å². The fraction of sp³-hybridized carbons (Fsp3) is 0.318. The monoisotopic (exact) mass is 400 g/mol. The maximum absolute atomic E-state index is 12.8. The molecule has 0 radical (unpaired) electrons. The van der Waals surface area contributed by atoms with Gasteiger partial charge in [-0.1, -0.05) is 23.7 Å². The first-order valence-corrected chi connectivity index (χ1v) is 10.0. The van der Waals surface area contributed by atoms with E-state index in [2.05, 4.69) is 7.05 Å². The summed E-state index contributed by atoms with van der Waals surface area (Å²) in [7, 11) is 2.20. The summed E-state index contributed by atoms with van der Waals surface area (Å²) in [6.45, 7) is 6.85. The van der Waals surface area contributed by atoms with E-state index in [1.807, 2.05) is 25.1 Å². The molecule has 2 aromatic carbocycles. The average molecular weight is 401 g/mol. The summed E-state index contributed by atoms with van der Waals surface area (Å²) in [5, 5.41) is 12.0. The molecule has 6 heteroatoms. The number of rotatable bonds is 3. The Kier molecular flexibility index (Phi) is 5.15. The summed E-state index contributed by atoms with van der Waals surface area (Å²) < 4.78 is 5.77. The number of halogens is 1. The molecule has 0 atom stereocenters. The first kappa shape index (κ1) is 19.0. The topological polar surface area (TPSA) is 59.3 Å². The zero-order valence-electron chi connectivity index (χ0n) is 16.1. The number of hydrogen-bond donors (Lipinski definition) is 3. The molecule has 1 fully saturated rings. The Morgan fingerprint density at radius 2 is 1.75 bits per heavy atom. The van der Waals surface area contributed by atoms with Crippen LogP contribution >= 0.6 is 11.6 Å². The summed E-state index contributed by atoms with van der Waals surface area (Å²) in [4.78, 5) is 15.8. The molecule has 4 rings (SSSR count). The van der Waals surface area contributed by atoms with Crippen LogP contribution < -0.4 is 15.4 Å². The van der Waals surface area contributed by atoms with E-state index in [1.54, 1.807) is 18.2 Å². The van der Waals surface area contributed by atoms with Crippen LogP contribution in [0.3, 0.4) is 0 Å². The third-order valence-electron chi connectivity index (χ3n) is 5.78. The van der Waals surface area contributed by atoms with Gasteiger partial charge in [-0.05, 0) is 42.3 Å². The Morgan fingerprint density at radius 1 is 1.07 bits per heavy atom. The van der Waals surface area contributed by atoms with Crippen LogP contribution in [-0.2, 0) is 6.54 Å². The van der Waals surface area contributed by atoms with Crippen LogP contribution in [0.1, 0.15) is 11.1 Å². The van der Waals surface area contributed by atoms with Crippen molar-refractivity contribution in [2.75, 3.05) is 33.2 Å². The summed E-state index contributed by atoms with van der Waals surface area (Å²) in [5.41, 5.74) is 3.00. The van der Waals surface area contributed by atoms with E-state index in [4.69, 9.17) is 16.0 Å². The van der Waals surface area contributed by atoms with E-state index in [9.17, 15) is 9.90 Å². The molecule has 3 aromatic rings. The first-order valence-electron chi connectivity index (χ1n) is 9.63. The van der Waals surface area contributed by atoms with Gasteiger partial charge in [0.25, 0.3) is 0 Å². The Hall–Kier alpha value is -2.34. The molecule has 3 N–H and O–H groups in total. The van der Waals surface area contributed by atoms with Gasteiger partial charge in [0, 0.05) is 10.4 Å². The van der Waals surface area contributed by atoms with Crippen LogP contribution in [-0.4, -0.2) is 38.3 Å². The van der Waals surface area contributed by atoms with Gasteiger partial charge in [0.15, 0.2) is 5.58 Å². The first-order chi connectivity index (χ1) is 13.4. The number of nitrogens with one attached hydrogen (secondary N) is 2. The van der Waals surface area contributed by atoms with Gasteiger partial charge >= 0.3 is 5.63 Å². The zero-order chi connectivity index (χ0) is 19.8. The number of aromatic hydroxyl groups is 1. The number of phenolic OH excluding ortho intramolecular Hbond substituents is 1. The number of piperazine rings is 1. The Bertz CT molecular complexity index is 1070. The third kappa shape index (κ3) is 3.53. The van der Waals surface area contributed by atoms with Crippen molar-refractivity contribution in [1.82, 2.24) is 0 Å². The lowest BCUT2D eigenvalue weighted by molar-refractivity contribution is -1.01. The molecule has 28 heavy (non-hydrogen) atoms. The maximum atomic E-state index is 12.8. The van der Waals surface area contributed by atoms with E-state index >= 15 is 0 Å². The third-order valence-corrected chi connectivity index (χ3v) is 6.04. The Labute approximate surface area is 168 Å². The number of fused-ring (bicyclic) bond motifs is 1. The highest BCUT2D eigenvalue weighted by atomic mass is 35.5. The smallest absolute Gasteiger partial charge is 0.344 e. The Balaban J connectivity index is 1.81. The molecule has 2 heterocycles. The molecule has 1 aliphatic heterocycles. The summed E-state index contributed by atoms with van der Waals surface area (Å²) in [6.07, 6.45) is 0. The lowest BCUT2D eigenvalue weighted by Crippen LogP contribution is -3.26. The molecule has 0 unspecified atom stereocenters. The molecule has 0 amide bonds. The fourth-order valence-corrected chi connectivity index (χ4v) is 4.17. The highest BCUT2D eigenvalue weighted by molar-refractivity contribution is 6.30. The van der Waals surface area contributed by atoms with Gasteiger partial charge in [-0.25, -0.2) is 4.79 Å². The van der Waals surface area contributed by atoms with Gasteiger partial charge in [-0.15, -0.1) is 0 Å². The van der Waals surface area contributed by atoms with Crippen molar-refractivity contribution >= 4 is 22.6 Å². The molecule has 1 aromatic heterocycles. The lowest BCUT2D eigenvalue weighted by atomic mass is 9.98. The highest BCUT2D eigenvalue weighted by Gasteiger charge is 2.24. The molecule has 1 saturated heterocycles. The molecular formula is C22H25ClN2O3+2. The average Bonchev–Trinajstić information content (AvgIpc) is 2.67. The van der Waals surface area contributed by atoms with E-state index in [-0.39, 0.29) is 5.75 Å². The van der Waals surface area contributed by atoms with Gasteiger partial charge in [-0.3, -0.25) is 0 Å². The molecule has 0 saturated carbocycles. The number of hydrogen-bond acceptors (Lipinski definition) is 3. The quantitative estimate of drug-likeness (QED) is 0.576. The number of phenols is 1. The van der Waals surface area contributed by atoms with Crippen molar-refractivity contribution < 1.29 is 19.3 Å². The fourth-order valence-electron chi connectivity index (χ4n) is 4.04. The number of quaternary nitrogens is 2. The minimum Gasteiger partial charge on any atom is -0.507 e. The second-order valence-corrected chi connectivity index (χ2v) is 8.16. The van der Waals surface area contributed by atoms with Crippen LogP contribution in [0.5, 0.6) is 5.75 Å². The van der Waals surface area contributed by atoms with Crippen LogP contribution in [0.2, 0.25) is 5.02 Å². The second kappa shape index (κ2) is 7.59. The van der Waals surface area contributed by atoms with Crippen LogP contribution in [0.25, 0.3) is 22.1 Å². The van der Waals surface area contributed by atoms with Gasteiger partial charge < -0.3 is 19.3 Å². The van der Waals surface area contributed by atoms with Crippen molar-refractivity contribution in [3.8, 4) is 16.9 Å². The van der Waals surface area contributed by atoms with Gasteiger partial charge in [0.05, 0.1) is 18.2 Å². The summed E-state index contributed by atoms with van der Waals surface area (Å²) in [5.74, 6) is 0.188. The second-order valence-electron chi connectivity index (χ2n) is 7.72. The van der Waals surface area contributed by atoms with Crippen LogP contribution in [0.15, 0.2) is 45.6 Å². The number of aryl methyl sites for hydroxylation is 1. The van der Waals surface area contributed by atoms with E-state index in [1.165, 1.54) is 9.80 Å². The van der Waals surface area contributed by atoms with Crippen LogP contribution in [0.4, 0.5) is 0 Å². The van der Waals surface area contributed by atoms with Gasteiger partial charge in [0.1, 0.15) is 38.5 Å². The molecule has 146 valence electrons. The summed E-state index contributed by atoms with van der Waals surface area (Å²) in [6, 6.07) is 10.7. The lowest BCUT2D eigenvalue weighted by Gasteiger charge is -2.27. The van der Waals surface area contributed by atoms with Crippen molar-refractivity contribution in [2.24, 2.45) is 0 Å². The minimum atomic E-state index is -0.392. The molecule has 1 aliphatic rings. The van der Waals surface area contributed by atoms with E-state index in [0.29, 0.717) is 22.7 Å². The van der Waals surface area contributed by atoms with Gasteiger partial charge in [0.2, 0.25) is 0 Å². The highest BCUT2D eigenvalue weighted by Crippen LogP contribution is 2.32. The summed E-state index contributed by atoms with van der Waals surface area (Å²) >= 11 is 5.98. The predicted molar refractivity (Wildman–Crippen MR) is 110 cm³/mol. The maximum Gasteiger partial charge on any atom is 0.344 e. The van der Waals surface area contributed by atoms with Crippen molar-refractivity contribution in [1.29, 1.82) is 0 Å². The zero-order valence-corrected chi connectivity index (χ0v) is 16.9. The van der Waals surface area contributed by atoms with Crippen LogP contribution in [0, 0.1) is 6.92 Å². The molecule has 0 aliphatic carbocycles. The molecular weight excluding hydrogens is 376 g/mol. The minimum absolute atomic E-state index is 0.188. The van der Waals surface area contributed by atoms with E-state index in [0.717, 1.165) is 48.3 Å². The standard InChI is InChI=1S/C22H23ClN2O3/c1-14-17-7-8-19(26)18(13-25-11-9-24(2)10-12-25)21(17)28-22(27)20(14)15-3-5-16(23)6-4-15/h3-8,26H,9-13H2,1-2H3/p+2. The molecule has 5 nitrogen and oxygen atoms in total. The largest absolute Gasteiger partial charge is 0.507 e. The SMILES string of the molecule is Cc1c(-c2ccc(Cl)cc2)c(=O)oc2c(C[NH+]3CC[NH+](C)CC3)c(O)ccc12. The van der Waals surface area contributed by atoms with Crippen molar-refractivity contribution in [3.63, 3.8) is 0 Å². The molecule has 0 bridgehead atoms. The number of benzene rings is 2. The van der Waals surface area contributed by atoms with Crippen molar-refractivity contribution in [2.45, 2.75) is 13.5 Å². The Morgan fingerprint density at radius 3 is 2.43 bits per heavy atom. The predicted octanol–water partition coefficient (Wildman–Crippen LogP) is 1.04. The molecule has 0 spiro atoms.